The fourth-order valence-electron chi connectivity index (χ4n) is 3.81. The highest BCUT2D eigenvalue weighted by Crippen LogP contribution is 2.34. The van der Waals surface area contributed by atoms with Crippen LogP contribution in [-0.4, -0.2) is 43.0 Å². The SMILES string of the molecule is C[C@H]1CN(C(=O)c2ccccc2N(C)C(=O)C2CC2)C[C@H](c2ccccc2)O1. The molecule has 0 unspecified atom stereocenters. The standard InChI is InChI=1S/C23H26N2O3/c1-16-14-25(15-21(28-16)17-8-4-3-5-9-17)23(27)19-10-6-7-11-20(19)24(2)22(26)18-12-13-18/h3-11,16,18,21H,12-15H2,1-2H3/t16-,21+/m0/s1. The van der Waals surface area contributed by atoms with Gasteiger partial charge < -0.3 is 14.5 Å². The third-order valence-electron chi connectivity index (χ3n) is 5.47. The zero-order valence-corrected chi connectivity index (χ0v) is 16.4. The molecule has 146 valence electrons. The van der Waals surface area contributed by atoms with Gasteiger partial charge in [0.25, 0.3) is 5.91 Å². The van der Waals surface area contributed by atoms with Gasteiger partial charge >= 0.3 is 0 Å². The molecule has 0 radical (unpaired) electrons. The van der Waals surface area contributed by atoms with Crippen molar-refractivity contribution >= 4 is 17.5 Å². The third kappa shape index (κ3) is 3.80. The zero-order chi connectivity index (χ0) is 19.7. The maximum Gasteiger partial charge on any atom is 0.256 e. The topological polar surface area (TPSA) is 49.9 Å². The molecular formula is C23H26N2O3. The highest BCUT2D eigenvalue weighted by atomic mass is 16.5. The number of anilines is 1. The second-order valence-electron chi connectivity index (χ2n) is 7.74. The van der Waals surface area contributed by atoms with Gasteiger partial charge in [-0.2, -0.15) is 0 Å². The van der Waals surface area contributed by atoms with Crippen molar-refractivity contribution in [2.24, 2.45) is 5.92 Å². The number of morpholine rings is 1. The first-order chi connectivity index (χ1) is 13.5. The van der Waals surface area contributed by atoms with E-state index in [0.717, 1.165) is 18.4 Å². The number of amides is 2. The second-order valence-corrected chi connectivity index (χ2v) is 7.74. The van der Waals surface area contributed by atoms with Crippen molar-refractivity contribution in [1.82, 2.24) is 4.90 Å². The maximum atomic E-state index is 13.4. The summed E-state index contributed by atoms with van der Waals surface area (Å²) in [5, 5.41) is 0. The van der Waals surface area contributed by atoms with Gasteiger partial charge in [-0.15, -0.1) is 0 Å². The molecule has 5 nitrogen and oxygen atoms in total. The molecule has 0 spiro atoms. The van der Waals surface area contributed by atoms with Crippen molar-refractivity contribution in [2.75, 3.05) is 25.0 Å². The Kier molecular flexibility index (Phi) is 5.18. The van der Waals surface area contributed by atoms with E-state index < -0.39 is 0 Å². The lowest BCUT2D eigenvalue weighted by Crippen LogP contribution is -2.46. The molecule has 1 saturated carbocycles. The Morgan fingerprint density at radius 2 is 1.68 bits per heavy atom. The number of hydrogen-bond acceptors (Lipinski definition) is 3. The Balaban J connectivity index is 1.58. The number of hydrogen-bond donors (Lipinski definition) is 0. The van der Waals surface area contributed by atoms with Crippen LogP contribution in [0.5, 0.6) is 0 Å². The third-order valence-corrected chi connectivity index (χ3v) is 5.47. The van der Waals surface area contributed by atoms with Gasteiger partial charge in [-0.3, -0.25) is 9.59 Å². The lowest BCUT2D eigenvalue weighted by Gasteiger charge is -2.37. The normalized spacial score (nSPS) is 22.0. The van der Waals surface area contributed by atoms with Crippen LogP contribution in [0.4, 0.5) is 5.69 Å². The summed E-state index contributed by atoms with van der Waals surface area (Å²) < 4.78 is 6.09. The molecule has 1 saturated heterocycles. The fourth-order valence-corrected chi connectivity index (χ4v) is 3.81. The van der Waals surface area contributed by atoms with E-state index in [-0.39, 0.29) is 29.9 Å². The maximum absolute atomic E-state index is 13.4. The molecule has 2 aromatic rings. The van der Waals surface area contributed by atoms with Gasteiger partial charge in [-0.1, -0.05) is 42.5 Å². The van der Waals surface area contributed by atoms with E-state index in [9.17, 15) is 9.59 Å². The molecule has 1 heterocycles. The first-order valence-electron chi connectivity index (χ1n) is 9.91. The lowest BCUT2D eigenvalue weighted by molar-refractivity contribution is -0.119. The summed E-state index contributed by atoms with van der Waals surface area (Å²) in [4.78, 5) is 29.4. The molecule has 2 atom stereocenters. The largest absolute Gasteiger partial charge is 0.367 e. The van der Waals surface area contributed by atoms with E-state index in [0.29, 0.717) is 24.3 Å². The molecule has 2 aliphatic rings. The molecule has 1 aliphatic carbocycles. The molecule has 0 N–H and O–H groups in total. The van der Waals surface area contributed by atoms with Crippen LogP contribution >= 0.6 is 0 Å². The van der Waals surface area contributed by atoms with Crippen LogP contribution in [-0.2, 0) is 9.53 Å². The minimum atomic E-state index is -0.146. The van der Waals surface area contributed by atoms with Gasteiger partial charge in [0, 0.05) is 19.5 Å². The van der Waals surface area contributed by atoms with Crippen molar-refractivity contribution < 1.29 is 14.3 Å². The van der Waals surface area contributed by atoms with Crippen LogP contribution in [0, 0.1) is 5.92 Å². The first kappa shape index (κ1) is 18.7. The Labute approximate surface area is 165 Å². The smallest absolute Gasteiger partial charge is 0.256 e. The number of para-hydroxylation sites is 1. The molecular weight excluding hydrogens is 352 g/mol. The monoisotopic (exact) mass is 378 g/mol. The van der Waals surface area contributed by atoms with Crippen molar-refractivity contribution in [3.05, 3.63) is 65.7 Å². The van der Waals surface area contributed by atoms with Gasteiger partial charge in [0.05, 0.1) is 23.9 Å². The minimum Gasteiger partial charge on any atom is -0.367 e. The van der Waals surface area contributed by atoms with Crippen LogP contribution in [0.2, 0.25) is 0 Å². The quantitative estimate of drug-likeness (QED) is 0.816. The molecule has 0 bridgehead atoms. The van der Waals surface area contributed by atoms with Gasteiger partial charge in [0.15, 0.2) is 0 Å². The minimum absolute atomic E-state index is 0.0536. The summed E-state index contributed by atoms with van der Waals surface area (Å²) in [6.45, 7) is 3.03. The molecule has 2 fully saturated rings. The molecule has 4 rings (SSSR count). The summed E-state index contributed by atoms with van der Waals surface area (Å²) in [6.07, 6.45) is 1.69. The Morgan fingerprint density at radius 3 is 2.39 bits per heavy atom. The summed E-state index contributed by atoms with van der Waals surface area (Å²) >= 11 is 0. The number of carbonyl (C=O) groups is 2. The Morgan fingerprint density at radius 1 is 1.00 bits per heavy atom. The van der Waals surface area contributed by atoms with Crippen LogP contribution in [0.15, 0.2) is 54.6 Å². The highest BCUT2D eigenvalue weighted by molar-refractivity contribution is 6.05. The van der Waals surface area contributed by atoms with E-state index >= 15 is 0 Å². The summed E-state index contributed by atoms with van der Waals surface area (Å²) in [6, 6.07) is 17.4. The molecule has 28 heavy (non-hydrogen) atoms. The van der Waals surface area contributed by atoms with Crippen molar-refractivity contribution in [3.63, 3.8) is 0 Å². The van der Waals surface area contributed by atoms with E-state index in [1.165, 1.54) is 0 Å². The highest BCUT2D eigenvalue weighted by Gasteiger charge is 2.35. The van der Waals surface area contributed by atoms with Crippen LogP contribution in [0.25, 0.3) is 0 Å². The molecule has 5 heteroatoms. The molecule has 0 aromatic heterocycles. The predicted octanol–water partition coefficient (Wildman–Crippen LogP) is 3.66. The predicted molar refractivity (Wildman–Crippen MR) is 108 cm³/mol. The molecule has 2 amide bonds. The average molecular weight is 378 g/mol. The van der Waals surface area contributed by atoms with Gasteiger partial charge in [0.2, 0.25) is 5.91 Å². The van der Waals surface area contributed by atoms with Gasteiger partial charge in [-0.25, -0.2) is 0 Å². The Bertz CT molecular complexity index is 863. The van der Waals surface area contributed by atoms with Crippen molar-refractivity contribution in [3.8, 4) is 0 Å². The molecule has 1 aliphatic heterocycles. The number of rotatable bonds is 4. The van der Waals surface area contributed by atoms with Crippen LogP contribution < -0.4 is 4.90 Å². The number of ether oxygens (including phenoxy) is 1. The fraction of sp³-hybridized carbons (Fsp3) is 0.391. The van der Waals surface area contributed by atoms with E-state index in [2.05, 4.69) is 0 Å². The lowest BCUT2D eigenvalue weighted by atomic mass is 10.0. The first-order valence-corrected chi connectivity index (χ1v) is 9.91. The Hall–Kier alpha value is -2.66. The zero-order valence-electron chi connectivity index (χ0n) is 16.4. The average Bonchev–Trinajstić information content (AvgIpc) is 3.58. The van der Waals surface area contributed by atoms with Gasteiger partial charge in [-0.05, 0) is 37.5 Å². The second kappa shape index (κ2) is 7.76. The van der Waals surface area contributed by atoms with E-state index in [1.54, 1.807) is 11.9 Å². The van der Waals surface area contributed by atoms with E-state index in [4.69, 9.17) is 4.74 Å². The summed E-state index contributed by atoms with van der Waals surface area (Å²) in [5.74, 6) is 0.152. The van der Waals surface area contributed by atoms with E-state index in [1.807, 2.05) is 66.4 Å². The van der Waals surface area contributed by atoms with Crippen molar-refractivity contribution in [1.29, 1.82) is 0 Å². The number of benzene rings is 2. The van der Waals surface area contributed by atoms with Crippen LogP contribution in [0.1, 0.15) is 41.8 Å². The number of carbonyl (C=O) groups excluding carboxylic acids is 2. The summed E-state index contributed by atoms with van der Waals surface area (Å²) in [7, 11) is 1.77. The summed E-state index contributed by atoms with van der Waals surface area (Å²) in [5.41, 5.74) is 2.32. The number of nitrogens with zero attached hydrogens (tertiary/aromatic N) is 2. The molecule has 2 aromatic carbocycles. The van der Waals surface area contributed by atoms with Crippen molar-refractivity contribution in [2.45, 2.75) is 32.0 Å². The van der Waals surface area contributed by atoms with Crippen LogP contribution in [0.3, 0.4) is 0 Å². The van der Waals surface area contributed by atoms with Gasteiger partial charge in [0.1, 0.15) is 6.10 Å².